The monoisotopic (exact) mass is 770 g/mol. The predicted molar refractivity (Wildman–Crippen MR) is 202 cm³/mol. The maximum atomic E-state index is 14.0. The van der Waals surface area contributed by atoms with Gasteiger partial charge in [-0.3, -0.25) is 19.7 Å². The third-order valence-corrected chi connectivity index (χ3v) is 8.60. The van der Waals surface area contributed by atoms with Crippen LogP contribution in [0.2, 0.25) is 0 Å². The van der Waals surface area contributed by atoms with E-state index in [1.807, 2.05) is 0 Å². The van der Waals surface area contributed by atoms with Crippen LogP contribution in [-0.2, 0) is 38.5 Å². The van der Waals surface area contributed by atoms with Crippen LogP contribution >= 0.6 is 0 Å². The average Bonchev–Trinajstić information content (AvgIpc) is 3.14. The molecule has 6 rings (SSSR count). The number of carboxylic acid groups (broad SMARTS) is 1. The normalized spacial score (nSPS) is 16.0. The standard InChI is InChI=1S/C40H42N4O12/c1-40(2,3)56-39(49)42-29-15-23-10-12-32(30(16-23)44(50)51)55-26-9-7-8-22(14-26)17-34(45)43-36(38(47)48)24-11-13-31(53-5)28(19-24)35-25(21-41-37(29)46)18-27(52-4)20-33(35)54-6/h7-14,16,18-20,29,36H,15,17,21H2,1-6H3,(H,41,46)(H,42,49)(H,43,45)(H,47,48)/t29-,36-/m0/s1. The number of aliphatic carboxylic acids is 1. The Balaban J connectivity index is 1.68. The number of hydrogen-bond donors (Lipinski definition) is 4. The van der Waals surface area contributed by atoms with E-state index in [9.17, 15) is 34.4 Å². The predicted octanol–water partition coefficient (Wildman–Crippen LogP) is 5.63. The third kappa shape index (κ3) is 9.82. The van der Waals surface area contributed by atoms with E-state index in [0.29, 0.717) is 39.3 Å². The number of carbonyl (C=O) groups excluding carboxylic acids is 3. The molecule has 4 N–H and O–H groups in total. The number of carboxylic acids is 1. The van der Waals surface area contributed by atoms with Crippen molar-refractivity contribution in [2.75, 3.05) is 21.3 Å². The quantitative estimate of drug-likeness (QED) is 0.139. The summed E-state index contributed by atoms with van der Waals surface area (Å²) in [6, 6.07) is 15.5. The van der Waals surface area contributed by atoms with Crippen LogP contribution in [0.1, 0.15) is 49.1 Å². The van der Waals surface area contributed by atoms with Gasteiger partial charge in [-0.05, 0) is 79.4 Å². The van der Waals surface area contributed by atoms with Gasteiger partial charge in [-0.25, -0.2) is 9.59 Å². The van der Waals surface area contributed by atoms with Crippen LogP contribution in [-0.4, -0.2) is 66.9 Å². The zero-order valence-electron chi connectivity index (χ0n) is 31.6. The van der Waals surface area contributed by atoms with Crippen molar-refractivity contribution in [3.63, 3.8) is 0 Å². The lowest BCUT2D eigenvalue weighted by Gasteiger charge is -2.24. The van der Waals surface area contributed by atoms with Crippen molar-refractivity contribution >= 4 is 29.6 Å². The number of alkyl carbamates (subject to hydrolysis) is 1. The first-order valence-electron chi connectivity index (χ1n) is 17.4. The molecule has 4 aromatic rings. The zero-order chi connectivity index (χ0) is 40.7. The van der Waals surface area contributed by atoms with Gasteiger partial charge in [0, 0.05) is 36.2 Å². The summed E-state index contributed by atoms with van der Waals surface area (Å²) in [5.74, 6) is -1.60. The van der Waals surface area contributed by atoms with E-state index in [-0.39, 0.29) is 42.2 Å². The molecule has 0 spiro atoms. The van der Waals surface area contributed by atoms with Gasteiger partial charge in [0.2, 0.25) is 17.6 Å². The Bertz CT molecular complexity index is 2160. The Hall–Kier alpha value is -6.84. The number of nitro benzene ring substituents is 1. The van der Waals surface area contributed by atoms with Gasteiger partial charge in [-0.2, -0.15) is 0 Å². The molecule has 56 heavy (non-hydrogen) atoms. The molecule has 4 aromatic carbocycles. The van der Waals surface area contributed by atoms with E-state index >= 15 is 0 Å². The molecule has 0 saturated carbocycles. The molecule has 0 aliphatic carbocycles. The summed E-state index contributed by atoms with van der Waals surface area (Å²) >= 11 is 0. The third-order valence-electron chi connectivity index (χ3n) is 8.60. The minimum atomic E-state index is -1.50. The highest BCUT2D eigenvalue weighted by Gasteiger charge is 2.29. The first-order chi connectivity index (χ1) is 26.6. The first-order valence-corrected chi connectivity index (χ1v) is 17.4. The molecular weight excluding hydrogens is 728 g/mol. The minimum Gasteiger partial charge on any atom is -0.497 e. The second-order valence-electron chi connectivity index (χ2n) is 13.8. The smallest absolute Gasteiger partial charge is 0.408 e. The molecule has 294 valence electrons. The number of amides is 3. The number of benzene rings is 4. The lowest BCUT2D eigenvalue weighted by Crippen LogP contribution is -2.49. The van der Waals surface area contributed by atoms with E-state index in [2.05, 4.69) is 16.0 Å². The van der Waals surface area contributed by atoms with Crippen LogP contribution < -0.4 is 34.9 Å². The molecular formula is C40H42N4O12. The van der Waals surface area contributed by atoms with Crippen LogP contribution in [0, 0.1) is 10.1 Å². The molecule has 2 aliphatic rings. The first kappa shape index (κ1) is 40.3. The molecule has 2 atom stereocenters. The molecule has 3 amide bonds. The maximum Gasteiger partial charge on any atom is 0.408 e. The Morgan fingerprint density at radius 3 is 2.34 bits per heavy atom. The van der Waals surface area contributed by atoms with Gasteiger partial charge in [0.1, 0.15) is 34.6 Å². The van der Waals surface area contributed by atoms with E-state index in [1.165, 1.54) is 51.7 Å². The molecule has 0 unspecified atom stereocenters. The number of methoxy groups -OCH3 is 3. The summed E-state index contributed by atoms with van der Waals surface area (Å²) < 4.78 is 28.3. The van der Waals surface area contributed by atoms with Crippen molar-refractivity contribution in [2.24, 2.45) is 0 Å². The van der Waals surface area contributed by atoms with Gasteiger partial charge in [0.15, 0.2) is 6.04 Å². The molecule has 16 nitrogen and oxygen atoms in total. The van der Waals surface area contributed by atoms with E-state index < -0.39 is 52.2 Å². The van der Waals surface area contributed by atoms with E-state index in [4.69, 9.17) is 23.7 Å². The van der Waals surface area contributed by atoms with Crippen molar-refractivity contribution in [3.05, 3.63) is 105 Å². The van der Waals surface area contributed by atoms with Crippen molar-refractivity contribution < 1.29 is 52.9 Å². The molecule has 0 radical (unpaired) electrons. The van der Waals surface area contributed by atoms with Gasteiger partial charge in [0.25, 0.3) is 0 Å². The molecule has 2 heterocycles. The minimum absolute atomic E-state index is 0.121. The molecule has 0 aromatic heterocycles. The zero-order valence-corrected chi connectivity index (χ0v) is 31.6. The van der Waals surface area contributed by atoms with E-state index in [0.717, 1.165) is 0 Å². The number of nitrogens with one attached hydrogen (secondary N) is 3. The summed E-state index contributed by atoms with van der Waals surface area (Å²) in [5, 5.41) is 30.6. The fourth-order valence-electron chi connectivity index (χ4n) is 6.12. The molecule has 2 aliphatic heterocycles. The number of carbonyl (C=O) groups is 4. The molecule has 6 bridgehead atoms. The summed E-state index contributed by atoms with van der Waals surface area (Å²) in [4.78, 5) is 64.6. The largest absolute Gasteiger partial charge is 0.497 e. The van der Waals surface area contributed by atoms with Crippen molar-refractivity contribution in [3.8, 4) is 39.9 Å². The topological polar surface area (TPSA) is 214 Å². The highest BCUT2D eigenvalue weighted by atomic mass is 16.6. The number of ether oxygens (including phenoxy) is 5. The van der Waals surface area contributed by atoms with Gasteiger partial charge in [-0.1, -0.05) is 24.3 Å². The van der Waals surface area contributed by atoms with Crippen LogP contribution in [0.25, 0.3) is 11.1 Å². The molecule has 16 heteroatoms. The maximum absolute atomic E-state index is 14.0. The van der Waals surface area contributed by atoms with E-state index in [1.54, 1.807) is 63.2 Å². The van der Waals surface area contributed by atoms with Crippen LogP contribution in [0.3, 0.4) is 0 Å². The number of fused-ring (bicyclic) bond motifs is 9. The second-order valence-corrected chi connectivity index (χ2v) is 13.8. The second kappa shape index (κ2) is 17.1. The van der Waals surface area contributed by atoms with Gasteiger partial charge in [0.05, 0.1) is 32.7 Å². The lowest BCUT2D eigenvalue weighted by atomic mass is 9.93. The summed E-state index contributed by atoms with van der Waals surface area (Å²) in [6.07, 6.45) is -1.32. The average molecular weight is 771 g/mol. The fraction of sp³-hybridized carbons (Fsp3) is 0.300. The number of nitrogens with zero attached hydrogens (tertiary/aromatic N) is 1. The highest BCUT2D eigenvalue weighted by Crippen LogP contribution is 2.43. The van der Waals surface area contributed by atoms with Crippen LogP contribution in [0.15, 0.2) is 72.8 Å². The van der Waals surface area contributed by atoms with Gasteiger partial charge >= 0.3 is 17.7 Å². The fourth-order valence-corrected chi connectivity index (χ4v) is 6.12. The number of rotatable bonds is 6. The number of nitro groups is 1. The van der Waals surface area contributed by atoms with Gasteiger partial charge < -0.3 is 44.7 Å². The molecule has 0 fully saturated rings. The lowest BCUT2D eigenvalue weighted by molar-refractivity contribution is -0.385. The van der Waals surface area contributed by atoms with Crippen molar-refractivity contribution in [1.82, 2.24) is 16.0 Å². The van der Waals surface area contributed by atoms with Crippen molar-refractivity contribution in [2.45, 2.75) is 57.8 Å². The van der Waals surface area contributed by atoms with Crippen LogP contribution in [0.4, 0.5) is 10.5 Å². The van der Waals surface area contributed by atoms with Crippen LogP contribution in [0.5, 0.6) is 28.7 Å². The Morgan fingerprint density at radius 1 is 0.929 bits per heavy atom. The highest BCUT2D eigenvalue weighted by molar-refractivity contribution is 5.88. The Kier molecular flexibility index (Phi) is 12.3. The summed E-state index contributed by atoms with van der Waals surface area (Å²) in [6.45, 7) is 4.81. The Morgan fingerprint density at radius 2 is 1.68 bits per heavy atom. The SMILES string of the molecule is COc1cc2c(c(OC)c1)-c1cc(ccc1OC)[C@@H](C(=O)O)NC(=O)Cc1cccc(c1)Oc1ccc(cc1[N+](=O)[O-])C[C@H](NC(=O)OC(C)(C)C)C(=O)NC2. The van der Waals surface area contributed by atoms with Gasteiger partial charge in [-0.15, -0.1) is 0 Å². The summed E-state index contributed by atoms with van der Waals surface area (Å²) in [5.41, 5.74) is 0.866. The number of hydrogen-bond acceptors (Lipinski definition) is 11. The van der Waals surface area contributed by atoms with Crippen molar-refractivity contribution in [1.29, 1.82) is 0 Å². The molecule has 0 saturated heterocycles. The Labute approximate surface area is 322 Å². The summed E-state index contributed by atoms with van der Waals surface area (Å²) in [7, 11) is 4.31.